The summed E-state index contributed by atoms with van der Waals surface area (Å²) in [7, 11) is 1.19. The molecule has 1 heterocycles. The minimum atomic E-state index is -1.33. The highest BCUT2D eigenvalue weighted by molar-refractivity contribution is 5.95. The molecule has 0 unspecified atom stereocenters. The summed E-state index contributed by atoms with van der Waals surface area (Å²) in [6, 6.07) is 1.04. The maximum atomic E-state index is 13.3. The number of aromatic carboxylic acids is 1. The summed E-state index contributed by atoms with van der Waals surface area (Å²) in [5.41, 5.74) is -0.356. The van der Waals surface area contributed by atoms with Crippen molar-refractivity contribution in [1.29, 1.82) is 0 Å². The lowest BCUT2D eigenvalue weighted by atomic mass is 10.1. The lowest BCUT2D eigenvalue weighted by Crippen LogP contribution is -2.04. The Hall–Kier alpha value is -1.98. The van der Waals surface area contributed by atoms with Crippen LogP contribution in [0.4, 0.5) is 4.39 Å². The van der Waals surface area contributed by atoms with Crippen LogP contribution in [0.25, 0.3) is 0 Å². The highest BCUT2D eigenvalue weighted by Gasteiger charge is 2.29. The number of carboxylic acid groups (broad SMARTS) is 1. The largest absolute Gasteiger partial charge is 0.493 e. The van der Waals surface area contributed by atoms with E-state index < -0.39 is 11.8 Å². The van der Waals surface area contributed by atoms with Crippen LogP contribution in [0.2, 0.25) is 0 Å². The van der Waals surface area contributed by atoms with Crippen molar-refractivity contribution in [2.45, 2.75) is 0 Å². The van der Waals surface area contributed by atoms with Gasteiger partial charge >= 0.3 is 5.97 Å². The van der Waals surface area contributed by atoms with Crippen LogP contribution in [-0.4, -0.2) is 25.0 Å². The Kier molecular flexibility index (Phi) is 2.11. The second kappa shape index (κ2) is 3.30. The molecule has 0 saturated carbocycles. The molecule has 80 valence electrons. The smallest absolute Gasteiger partial charge is 0.343 e. The minimum Gasteiger partial charge on any atom is -0.493 e. The molecule has 0 aliphatic carbocycles. The van der Waals surface area contributed by atoms with Gasteiger partial charge in [0, 0.05) is 6.07 Å². The minimum absolute atomic E-state index is 0.000694. The molecule has 0 fully saturated rings. The lowest BCUT2D eigenvalue weighted by Gasteiger charge is -2.08. The summed E-state index contributed by atoms with van der Waals surface area (Å²) in [4.78, 5) is 10.9. The molecule has 0 radical (unpaired) electrons. The first-order valence-electron chi connectivity index (χ1n) is 4.04. The summed E-state index contributed by atoms with van der Waals surface area (Å²) < 4.78 is 27.8. The van der Waals surface area contributed by atoms with Crippen molar-refractivity contribution in [1.82, 2.24) is 0 Å². The number of methoxy groups -OCH3 is 1. The number of fused-ring (bicyclic) bond motifs is 1. The van der Waals surface area contributed by atoms with Crippen molar-refractivity contribution >= 4 is 5.97 Å². The molecule has 15 heavy (non-hydrogen) atoms. The number of benzene rings is 1. The molecular weight excluding hydrogens is 207 g/mol. The van der Waals surface area contributed by atoms with Gasteiger partial charge in [0.05, 0.1) is 7.11 Å². The molecule has 1 aliphatic heterocycles. The Morgan fingerprint density at radius 3 is 2.93 bits per heavy atom. The fourth-order valence-corrected chi connectivity index (χ4v) is 1.39. The fraction of sp³-hybridized carbons (Fsp3) is 0.222. The van der Waals surface area contributed by atoms with Gasteiger partial charge in [0.25, 0.3) is 0 Å². The van der Waals surface area contributed by atoms with Gasteiger partial charge in [0.2, 0.25) is 6.79 Å². The summed E-state index contributed by atoms with van der Waals surface area (Å²) in [5.74, 6) is -2.40. The van der Waals surface area contributed by atoms with Gasteiger partial charge in [-0.2, -0.15) is 0 Å². The molecule has 1 N–H and O–H groups in total. The van der Waals surface area contributed by atoms with Gasteiger partial charge in [-0.3, -0.25) is 0 Å². The summed E-state index contributed by atoms with van der Waals surface area (Å²) in [6.45, 7) is -0.123. The van der Waals surface area contributed by atoms with Gasteiger partial charge in [0.1, 0.15) is 0 Å². The van der Waals surface area contributed by atoms with Crippen molar-refractivity contribution in [3.63, 3.8) is 0 Å². The standard InChI is InChI=1S/C9H7FO5/c1-13-7-4(10)2-5-8(15-3-14-5)6(7)9(11)12/h2H,3H2,1H3,(H,11,12). The monoisotopic (exact) mass is 214 g/mol. The Labute approximate surface area is 84.0 Å². The van der Waals surface area contributed by atoms with Gasteiger partial charge in [0.15, 0.2) is 28.6 Å². The lowest BCUT2D eigenvalue weighted by molar-refractivity contribution is 0.0687. The Morgan fingerprint density at radius 1 is 1.60 bits per heavy atom. The third kappa shape index (κ3) is 1.34. The van der Waals surface area contributed by atoms with E-state index in [0.29, 0.717) is 0 Å². The first-order valence-corrected chi connectivity index (χ1v) is 4.04. The molecule has 1 aromatic rings. The van der Waals surface area contributed by atoms with Gasteiger partial charge in [-0.05, 0) is 0 Å². The van der Waals surface area contributed by atoms with Crippen LogP contribution >= 0.6 is 0 Å². The van der Waals surface area contributed by atoms with Gasteiger partial charge in [-0.25, -0.2) is 9.18 Å². The van der Waals surface area contributed by atoms with E-state index in [4.69, 9.17) is 14.6 Å². The van der Waals surface area contributed by atoms with E-state index in [1.807, 2.05) is 0 Å². The average Bonchev–Trinajstić information content (AvgIpc) is 2.62. The van der Waals surface area contributed by atoms with Gasteiger partial charge in [-0.1, -0.05) is 0 Å². The second-order valence-corrected chi connectivity index (χ2v) is 2.81. The number of hydrogen-bond acceptors (Lipinski definition) is 4. The maximum Gasteiger partial charge on any atom is 0.343 e. The van der Waals surface area contributed by atoms with Crippen LogP contribution in [0, 0.1) is 5.82 Å². The quantitative estimate of drug-likeness (QED) is 0.802. The zero-order valence-corrected chi connectivity index (χ0v) is 7.74. The van der Waals surface area contributed by atoms with Gasteiger partial charge < -0.3 is 19.3 Å². The topological polar surface area (TPSA) is 65.0 Å². The van der Waals surface area contributed by atoms with E-state index >= 15 is 0 Å². The highest BCUT2D eigenvalue weighted by Crippen LogP contribution is 2.42. The summed E-state index contributed by atoms with van der Waals surface area (Å²) >= 11 is 0. The molecular formula is C9H7FO5. The molecule has 0 spiro atoms. The van der Waals surface area contributed by atoms with Crippen LogP contribution < -0.4 is 14.2 Å². The summed E-state index contributed by atoms with van der Waals surface area (Å²) in [5, 5.41) is 8.90. The maximum absolute atomic E-state index is 13.3. The van der Waals surface area contributed by atoms with E-state index in [1.165, 1.54) is 7.11 Å². The van der Waals surface area contributed by atoms with Crippen LogP contribution in [-0.2, 0) is 0 Å². The van der Waals surface area contributed by atoms with Crippen LogP contribution in [0.3, 0.4) is 0 Å². The molecule has 2 rings (SSSR count). The van der Waals surface area contributed by atoms with E-state index in [1.54, 1.807) is 0 Å². The van der Waals surface area contributed by atoms with Crippen molar-refractivity contribution in [2.24, 2.45) is 0 Å². The third-order valence-electron chi connectivity index (χ3n) is 1.99. The predicted octanol–water partition coefficient (Wildman–Crippen LogP) is 1.26. The molecule has 0 bridgehead atoms. The number of ether oxygens (including phenoxy) is 3. The fourth-order valence-electron chi connectivity index (χ4n) is 1.39. The Balaban J connectivity index is 2.71. The number of carboxylic acids is 1. The molecule has 1 aliphatic rings. The molecule has 0 aromatic heterocycles. The molecule has 5 nitrogen and oxygen atoms in total. The predicted molar refractivity (Wildman–Crippen MR) is 46.0 cm³/mol. The highest BCUT2D eigenvalue weighted by atomic mass is 19.1. The number of carbonyl (C=O) groups is 1. The van der Waals surface area contributed by atoms with Crippen LogP contribution in [0.15, 0.2) is 6.07 Å². The van der Waals surface area contributed by atoms with Crippen LogP contribution in [0.5, 0.6) is 17.2 Å². The number of rotatable bonds is 2. The van der Waals surface area contributed by atoms with Crippen LogP contribution in [0.1, 0.15) is 10.4 Å². The normalized spacial score (nSPS) is 12.7. The van der Waals surface area contributed by atoms with Gasteiger partial charge in [-0.15, -0.1) is 0 Å². The number of hydrogen-bond donors (Lipinski definition) is 1. The molecule has 1 aromatic carbocycles. The first-order chi connectivity index (χ1) is 7.15. The Bertz CT molecular complexity index is 425. The van der Waals surface area contributed by atoms with E-state index in [-0.39, 0.29) is 29.6 Å². The average molecular weight is 214 g/mol. The zero-order chi connectivity index (χ0) is 11.0. The van der Waals surface area contributed by atoms with E-state index in [2.05, 4.69) is 4.74 Å². The second-order valence-electron chi connectivity index (χ2n) is 2.81. The first kappa shape index (κ1) is 9.57. The SMILES string of the molecule is COc1c(F)cc2c(c1C(=O)O)OCO2. The summed E-state index contributed by atoms with van der Waals surface area (Å²) in [6.07, 6.45) is 0. The molecule has 0 amide bonds. The van der Waals surface area contributed by atoms with Crippen molar-refractivity contribution in [3.05, 3.63) is 17.4 Å². The van der Waals surface area contributed by atoms with Crippen molar-refractivity contribution in [3.8, 4) is 17.2 Å². The Morgan fingerprint density at radius 2 is 2.33 bits per heavy atom. The molecule has 0 saturated heterocycles. The van der Waals surface area contributed by atoms with Crippen molar-refractivity contribution < 1.29 is 28.5 Å². The molecule has 6 heteroatoms. The van der Waals surface area contributed by atoms with E-state index in [0.717, 1.165) is 6.07 Å². The van der Waals surface area contributed by atoms with E-state index in [9.17, 15) is 9.18 Å². The van der Waals surface area contributed by atoms with Crippen molar-refractivity contribution in [2.75, 3.05) is 13.9 Å². The zero-order valence-electron chi connectivity index (χ0n) is 7.74. The molecule has 0 atom stereocenters. The number of halogens is 1. The third-order valence-corrected chi connectivity index (χ3v) is 1.99.